The molecule has 1 heterocycles. The fourth-order valence-electron chi connectivity index (χ4n) is 2.89. The Labute approximate surface area is 170 Å². The Kier molecular flexibility index (Phi) is 6.21. The van der Waals surface area contributed by atoms with Gasteiger partial charge in [0.15, 0.2) is 0 Å². The van der Waals surface area contributed by atoms with Crippen LogP contribution in [0.25, 0.3) is 0 Å². The van der Waals surface area contributed by atoms with Crippen LogP contribution in [0.3, 0.4) is 0 Å². The number of alkyl halides is 6. The van der Waals surface area contributed by atoms with Crippen molar-refractivity contribution in [3.8, 4) is 0 Å². The van der Waals surface area contributed by atoms with E-state index in [1.807, 2.05) is 0 Å². The van der Waals surface area contributed by atoms with Gasteiger partial charge in [0.25, 0.3) is 0 Å². The second kappa shape index (κ2) is 7.93. The molecule has 1 aliphatic heterocycles. The van der Waals surface area contributed by atoms with Crippen LogP contribution in [0, 0.1) is 5.92 Å². The Hall–Kier alpha value is -0.380. The number of benzene rings is 1. The molecule has 0 spiro atoms. The number of halogens is 6. The summed E-state index contributed by atoms with van der Waals surface area (Å²) in [5.74, 6) is -1.68. The van der Waals surface area contributed by atoms with E-state index in [1.165, 1.54) is 18.2 Å². The van der Waals surface area contributed by atoms with Crippen LogP contribution in [0.15, 0.2) is 46.5 Å². The van der Waals surface area contributed by atoms with Gasteiger partial charge in [0.05, 0.1) is 0 Å². The summed E-state index contributed by atoms with van der Waals surface area (Å²) in [4.78, 5) is 13.7. The van der Waals surface area contributed by atoms with Gasteiger partial charge in [-0.2, -0.15) is 0 Å². The number of allylic oxidation sites excluding steroid dienone is 2. The number of hydrogen-bond donors (Lipinski definition) is 0. The summed E-state index contributed by atoms with van der Waals surface area (Å²) >= 11 is 7.85. The standard InChI is InChI=1S/C18H16BrClF3IO2/c1-24-8-15(24)10-5-6-16(13(7-10)18(21,22)23)26-9-12-11(17(20)25)3-2-4-14(12)19/h2-7,13,15-16H,8-9H2,1H3. The average Bonchev–Trinajstić information content (AvgIpc) is 3.29. The summed E-state index contributed by atoms with van der Waals surface area (Å²) in [5.41, 5.74) is 1.47. The predicted molar refractivity (Wildman–Crippen MR) is 108 cm³/mol. The first-order valence-corrected chi connectivity index (χ1v) is 13.9. The Balaban J connectivity index is 1.79. The van der Waals surface area contributed by atoms with Crippen molar-refractivity contribution >= 4 is 52.6 Å². The van der Waals surface area contributed by atoms with Gasteiger partial charge in [-0.3, -0.25) is 0 Å². The van der Waals surface area contributed by atoms with Gasteiger partial charge < -0.3 is 0 Å². The van der Waals surface area contributed by atoms with Crippen molar-refractivity contribution < 1.29 is 22.7 Å². The van der Waals surface area contributed by atoms with Crippen LogP contribution in [0.2, 0.25) is 0 Å². The normalized spacial score (nSPS) is 26.6. The molecule has 142 valence electrons. The summed E-state index contributed by atoms with van der Waals surface area (Å²) in [6.45, 7) is -0.143. The van der Waals surface area contributed by atoms with E-state index >= 15 is 0 Å². The Bertz CT molecular complexity index is 778. The van der Waals surface area contributed by atoms with Gasteiger partial charge >= 0.3 is 171 Å². The summed E-state index contributed by atoms with van der Waals surface area (Å²) in [6, 6.07) is 4.85. The molecule has 0 N–H and O–H groups in total. The van der Waals surface area contributed by atoms with Gasteiger partial charge in [0.1, 0.15) is 0 Å². The quantitative estimate of drug-likeness (QED) is 0.253. The van der Waals surface area contributed by atoms with Crippen molar-refractivity contribution in [2.45, 2.75) is 22.8 Å². The third-order valence-corrected chi connectivity index (χ3v) is 10.2. The monoisotopic (exact) mass is 562 g/mol. The Morgan fingerprint density at radius 1 is 1.42 bits per heavy atom. The molecule has 8 heteroatoms. The van der Waals surface area contributed by atoms with Gasteiger partial charge in [0, 0.05) is 0 Å². The van der Waals surface area contributed by atoms with E-state index in [-0.39, 0.29) is 12.2 Å². The first-order chi connectivity index (χ1) is 12.2. The summed E-state index contributed by atoms with van der Waals surface area (Å²) in [5, 5.41) is -0.674. The molecule has 26 heavy (non-hydrogen) atoms. The molecular weight excluding hydrogens is 547 g/mol. The van der Waals surface area contributed by atoms with E-state index in [2.05, 4.69) is 20.9 Å². The maximum atomic E-state index is 13.5. The SMILES string of the molecule is CI1CC1C1=CC(C(F)(F)F)C(OCc2c(Br)cccc2C(=O)Cl)C=C1. The van der Waals surface area contributed by atoms with Crippen LogP contribution < -0.4 is 0 Å². The van der Waals surface area contributed by atoms with Crippen LogP contribution in [-0.2, 0) is 11.3 Å². The van der Waals surface area contributed by atoms with Crippen molar-refractivity contribution in [1.82, 2.24) is 0 Å². The van der Waals surface area contributed by atoms with E-state index in [9.17, 15) is 18.0 Å². The fourth-order valence-corrected chi connectivity index (χ4v) is 8.96. The van der Waals surface area contributed by atoms with Crippen LogP contribution in [0.1, 0.15) is 15.9 Å². The van der Waals surface area contributed by atoms with Crippen LogP contribution in [0.5, 0.6) is 0 Å². The van der Waals surface area contributed by atoms with Gasteiger partial charge in [-0.1, -0.05) is 0 Å². The minimum atomic E-state index is -4.39. The van der Waals surface area contributed by atoms with Gasteiger partial charge in [-0.15, -0.1) is 0 Å². The van der Waals surface area contributed by atoms with E-state index in [4.69, 9.17) is 16.3 Å². The molecule has 0 amide bonds. The molecule has 2 aliphatic rings. The van der Waals surface area contributed by atoms with Crippen molar-refractivity contribution in [2.24, 2.45) is 5.92 Å². The second-order valence-corrected chi connectivity index (χ2v) is 13.4. The van der Waals surface area contributed by atoms with Gasteiger partial charge in [-0.05, 0) is 0 Å². The number of ether oxygens (including phenoxy) is 1. The van der Waals surface area contributed by atoms with Crippen molar-refractivity contribution in [2.75, 3.05) is 9.36 Å². The third kappa shape index (κ3) is 4.54. The first-order valence-electron chi connectivity index (χ1n) is 7.78. The zero-order valence-corrected chi connectivity index (χ0v) is 18.2. The molecular formula is C18H16BrClF3IO2. The summed E-state index contributed by atoms with van der Waals surface area (Å²) in [6.07, 6.45) is -0.922. The molecule has 2 nitrogen and oxygen atoms in total. The minimum absolute atomic E-state index is 0.143. The summed E-state index contributed by atoms with van der Waals surface area (Å²) in [7, 11) is 0. The molecule has 0 saturated carbocycles. The Morgan fingerprint density at radius 2 is 2.12 bits per heavy atom. The number of hydrogen-bond acceptors (Lipinski definition) is 2. The molecule has 0 aromatic heterocycles. The molecule has 3 unspecified atom stereocenters. The molecule has 0 radical (unpaired) electrons. The summed E-state index contributed by atoms with van der Waals surface area (Å²) < 4.78 is 48.2. The van der Waals surface area contributed by atoms with E-state index in [0.29, 0.717) is 14.0 Å². The molecule has 1 fully saturated rings. The molecule has 1 aliphatic carbocycles. The average molecular weight is 564 g/mol. The van der Waals surface area contributed by atoms with Gasteiger partial charge in [0.2, 0.25) is 0 Å². The predicted octanol–water partition coefficient (Wildman–Crippen LogP) is 5.91. The van der Waals surface area contributed by atoms with E-state index in [0.717, 1.165) is 10.0 Å². The van der Waals surface area contributed by atoms with Crippen LogP contribution in [0.4, 0.5) is 13.2 Å². The van der Waals surface area contributed by atoms with E-state index in [1.54, 1.807) is 18.2 Å². The zero-order valence-electron chi connectivity index (χ0n) is 13.7. The van der Waals surface area contributed by atoms with Crippen LogP contribution in [-0.4, -0.2) is 30.8 Å². The number of carbonyl (C=O) groups is 1. The van der Waals surface area contributed by atoms with E-state index < -0.39 is 43.3 Å². The van der Waals surface area contributed by atoms with Crippen LogP contribution >= 0.6 is 47.4 Å². The number of carbonyl (C=O) groups excluding carboxylic acids is 1. The second-order valence-electron chi connectivity index (χ2n) is 6.17. The molecule has 1 aromatic rings. The van der Waals surface area contributed by atoms with Crippen molar-refractivity contribution in [3.63, 3.8) is 0 Å². The molecule has 1 aromatic carbocycles. The topological polar surface area (TPSA) is 26.3 Å². The van der Waals surface area contributed by atoms with Crippen molar-refractivity contribution in [1.29, 1.82) is 0 Å². The fraction of sp³-hybridized carbons (Fsp3) is 0.389. The zero-order chi connectivity index (χ0) is 19.1. The first kappa shape index (κ1) is 20.4. The van der Waals surface area contributed by atoms with Crippen molar-refractivity contribution in [3.05, 3.63) is 57.6 Å². The number of rotatable bonds is 5. The molecule has 1 saturated heterocycles. The third-order valence-electron chi connectivity index (χ3n) is 4.42. The maximum absolute atomic E-state index is 13.5. The Morgan fingerprint density at radius 3 is 2.69 bits per heavy atom. The molecule has 3 atom stereocenters. The van der Waals surface area contributed by atoms with Gasteiger partial charge in [-0.25, -0.2) is 0 Å². The molecule has 3 rings (SSSR count). The molecule has 0 bridgehead atoms.